The second kappa shape index (κ2) is 7.36. The molecule has 0 spiro atoms. The van der Waals surface area contributed by atoms with Crippen LogP contribution in [0.1, 0.15) is 47.5 Å². The van der Waals surface area contributed by atoms with Crippen molar-refractivity contribution in [3.8, 4) is 0 Å². The van der Waals surface area contributed by atoms with E-state index in [-0.39, 0.29) is 29.7 Å². The summed E-state index contributed by atoms with van der Waals surface area (Å²) in [4.78, 5) is 23.1. The molecule has 0 bridgehead atoms. The van der Waals surface area contributed by atoms with Crippen molar-refractivity contribution >= 4 is 11.8 Å². The summed E-state index contributed by atoms with van der Waals surface area (Å²) in [6.45, 7) is 10.3. The van der Waals surface area contributed by atoms with E-state index in [0.717, 1.165) is 6.42 Å². The molecular weight excluding hydrogens is 230 g/mol. The minimum Gasteiger partial charge on any atom is -0.355 e. The maximum Gasteiger partial charge on any atom is 0.242 e. The van der Waals surface area contributed by atoms with Gasteiger partial charge in [0.05, 0.1) is 0 Å². The van der Waals surface area contributed by atoms with Crippen LogP contribution in [0.2, 0.25) is 0 Å². The van der Waals surface area contributed by atoms with Gasteiger partial charge in [-0.25, -0.2) is 0 Å². The molecule has 0 aliphatic heterocycles. The van der Waals surface area contributed by atoms with E-state index >= 15 is 0 Å². The van der Waals surface area contributed by atoms with Gasteiger partial charge >= 0.3 is 0 Å². The molecule has 0 aromatic rings. The van der Waals surface area contributed by atoms with Gasteiger partial charge in [-0.05, 0) is 25.7 Å². The van der Waals surface area contributed by atoms with Crippen LogP contribution in [-0.4, -0.2) is 30.4 Å². The second-order valence-corrected chi connectivity index (χ2v) is 5.91. The molecule has 5 heteroatoms. The first-order chi connectivity index (χ1) is 8.15. The standard InChI is InChI=1S/C13H27N3O2/c1-6-15-12(18)9(2)16-11(17)7-10(14)8-13(3,4)5/h9-10H,6-8,14H2,1-5H3,(H,15,18)(H,16,17). The van der Waals surface area contributed by atoms with E-state index in [1.165, 1.54) is 0 Å². The van der Waals surface area contributed by atoms with Gasteiger partial charge in [-0.3, -0.25) is 9.59 Å². The van der Waals surface area contributed by atoms with Gasteiger partial charge in [-0.15, -0.1) is 0 Å². The molecule has 0 aliphatic carbocycles. The fourth-order valence-electron chi connectivity index (χ4n) is 1.79. The zero-order chi connectivity index (χ0) is 14.3. The van der Waals surface area contributed by atoms with Crippen LogP contribution in [0, 0.1) is 5.41 Å². The van der Waals surface area contributed by atoms with Crippen molar-refractivity contribution in [1.29, 1.82) is 0 Å². The zero-order valence-corrected chi connectivity index (χ0v) is 12.2. The van der Waals surface area contributed by atoms with E-state index in [2.05, 4.69) is 31.4 Å². The molecule has 2 amide bonds. The van der Waals surface area contributed by atoms with Gasteiger partial charge in [-0.2, -0.15) is 0 Å². The molecule has 5 nitrogen and oxygen atoms in total. The quantitative estimate of drug-likeness (QED) is 0.657. The van der Waals surface area contributed by atoms with Crippen LogP contribution in [0.25, 0.3) is 0 Å². The molecule has 0 saturated heterocycles. The number of carbonyl (C=O) groups excluding carboxylic acids is 2. The monoisotopic (exact) mass is 257 g/mol. The van der Waals surface area contributed by atoms with Crippen molar-refractivity contribution in [3.05, 3.63) is 0 Å². The largest absolute Gasteiger partial charge is 0.355 e. The average molecular weight is 257 g/mol. The summed E-state index contributed by atoms with van der Waals surface area (Å²) in [6.07, 6.45) is 1.02. The first kappa shape index (κ1) is 16.9. The molecule has 0 rings (SSSR count). The molecule has 0 aromatic heterocycles. The van der Waals surface area contributed by atoms with Crippen molar-refractivity contribution in [2.45, 2.75) is 59.5 Å². The number of nitrogens with two attached hydrogens (primary N) is 1. The molecule has 106 valence electrons. The van der Waals surface area contributed by atoms with Crippen LogP contribution in [0.3, 0.4) is 0 Å². The van der Waals surface area contributed by atoms with Crippen molar-refractivity contribution in [2.24, 2.45) is 11.1 Å². The van der Waals surface area contributed by atoms with Crippen LogP contribution in [0.15, 0.2) is 0 Å². The molecular formula is C13H27N3O2. The Kier molecular flexibility index (Phi) is 6.91. The van der Waals surface area contributed by atoms with Crippen LogP contribution < -0.4 is 16.4 Å². The van der Waals surface area contributed by atoms with Crippen LogP contribution in [0.4, 0.5) is 0 Å². The van der Waals surface area contributed by atoms with E-state index in [1.54, 1.807) is 6.92 Å². The third-order valence-corrected chi connectivity index (χ3v) is 2.44. The minimum atomic E-state index is -0.515. The topological polar surface area (TPSA) is 84.2 Å². The smallest absolute Gasteiger partial charge is 0.242 e. The summed E-state index contributed by atoms with van der Waals surface area (Å²) in [7, 11) is 0. The van der Waals surface area contributed by atoms with Crippen molar-refractivity contribution in [1.82, 2.24) is 10.6 Å². The Morgan fingerprint density at radius 1 is 1.28 bits per heavy atom. The minimum absolute atomic E-state index is 0.102. The molecule has 18 heavy (non-hydrogen) atoms. The second-order valence-electron chi connectivity index (χ2n) is 5.91. The van der Waals surface area contributed by atoms with E-state index in [1.807, 2.05) is 6.92 Å². The molecule has 4 N–H and O–H groups in total. The zero-order valence-electron chi connectivity index (χ0n) is 12.2. The Balaban J connectivity index is 4.07. The Morgan fingerprint density at radius 3 is 2.28 bits per heavy atom. The molecule has 0 aliphatic rings. The Morgan fingerprint density at radius 2 is 1.83 bits per heavy atom. The first-order valence-corrected chi connectivity index (χ1v) is 6.48. The summed E-state index contributed by atoms with van der Waals surface area (Å²) in [6, 6.07) is -0.689. The van der Waals surface area contributed by atoms with E-state index < -0.39 is 6.04 Å². The van der Waals surface area contributed by atoms with Crippen molar-refractivity contribution < 1.29 is 9.59 Å². The van der Waals surface area contributed by atoms with E-state index in [4.69, 9.17) is 5.73 Å². The highest BCUT2D eigenvalue weighted by Gasteiger charge is 2.20. The summed E-state index contributed by atoms with van der Waals surface area (Å²) in [5.74, 6) is -0.347. The molecule has 0 radical (unpaired) electrons. The number of carbonyl (C=O) groups is 2. The van der Waals surface area contributed by atoms with Gasteiger partial charge in [0.15, 0.2) is 0 Å². The predicted molar refractivity (Wildman–Crippen MR) is 73.0 cm³/mol. The van der Waals surface area contributed by atoms with Gasteiger partial charge < -0.3 is 16.4 Å². The SMILES string of the molecule is CCNC(=O)C(C)NC(=O)CC(N)CC(C)(C)C. The van der Waals surface area contributed by atoms with Crippen LogP contribution >= 0.6 is 0 Å². The highest BCUT2D eigenvalue weighted by atomic mass is 16.2. The lowest BCUT2D eigenvalue weighted by molar-refractivity contribution is -0.128. The average Bonchev–Trinajstić information content (AvgIpc) is 2.13. The molecule has 2 unspecified atom stereocenters. The molecule has 0 saturated carbocycles. The molecule has 0 aromatic carbocycles. The maximum atomic E-state index is 11.7. The van der Waals surface area contributed by atoms with E-state index in [0.29, 0.717) is 6.54 Å². The lowest BCUT2D eigenvalue weighted by Crippen LogP contribution is -2.46. The summed E-state index contributed by atoms with van der Waals surface area (Å²) in [5.41, 5.74) is 6.01. The number of amides is 2. The lowest BCUT2D eigenvalue weighted by Gasteiger charge is -2.23. The summed E-state index contributed by atoms with van der Waals surface area (Å²) in [5, 5.41) is 5.31. The van der Waals surface area contributed by atoms with Crippen molar-refractivity contribution in [3.63, 3.8) is 0 Å². The number of rotatable bonds is 6. The van der Waals surface area contributed by atoms with Gasteiger partial charge in [-0.1, -0.05) is 20.8 Å². The van der Waals surface area contributed by atoms with Crippen molar-refractivity contribution in [2.75, 3.05) is 6.54 Å². The first-order valence-electron chi connectivity index (χ1n) is 6.48. The van der Waals surface area contributed by atoms with Crippen LogP contribution in [0.5, 0.6) is 0 Å². The lowest BCUT2D eigenvalue weighted by atomic mass is 9.87. The molecule has 2 atom stereocenters. The van der Waals surface area contributed by atoms with Gasteiger partial charge in [0.25, 0.3) is 0 Å². The fraction of sp³-hybridized carbons (Fsp3) is 0.846. The predicted octanol–water partition coefficient (Wildman–Crippen LogP) is 0.781. The highest BCUT2D eigenvalue weighted by Crippen LogP contribution is 2.20. The van der Waals surface area contributed by atoms with E-state index in [9.17, 15) is 9.59 Å². The van der Waals surface area contributed by atoms with Crippen LogP contribution in [-0.2, 0) is 9.59 Å². The Labute approximate surface area is 110 Å². The van der Waals surface area contributed by atoms with Gasteiger partial charge in [0.1, 0.15) is 6.04 Å². The molecule has 0 heterocycles. The normalized spacial score (nSPS) is 14.8. The van der Waals surface area contributed by atoms with Gasteiger partial charge in [0.2, 0.25) is 11.8 Å². The number of hydrogen-bond acceptors (Lipinski definition) is 3. The molecule has 0 fully saturated rings. The number of hydrogen-bond donors (Lipinski definition) is 3. The van der Waals surface area contributed by atoms with Gasteiger partial charge in [0, 0.05) is 19.0 Å². The third kappa shape index (κ3) is 8.06. The number of nitrogens with one attached hydrogen (secondary N) is 2. The maximum absolute atomic E-state index is 11.7. The fourth-order valence-corrected chi connectivity index (χ4v) is 1.79. The Bertz CT molecular complexity index is 284. The summed E-state index contributed by atoms with van der Waals surface area (Å²) >= 11 is 0. The Hall–Kier alpha value is -1.10. The number of likely N-dealkylation sites (N-methyl/N-ethyl adjacent to an activating group) is 1. The summed E-state index contributed by atoms with van der Waals surface area (Å²) < 4.78 is 0. The third-order valence-electron chi connectivity index (χ3n) is 2.44. The highest BCUT2D eigenvalue weighted by molar-refractivity contribution is 5.87.